The Morgan fingerprint density at radius 1 is 1.15 bits per heavy atom. The van der Waals surface area contributed by atoms with E-state index in [1.165, 1.54) is 26.4 Å². The van der Waals surface area contributed by atoms with Crippen molar-refractivity contribution < 1.29 is 27.4 Å². The number of para-hydroxylation sites is 1. The van der Waals surface area contributed by atoms with Gasteiger partial charge in [0.15, 0.2) is 6.29 Å². The third-order valence-corrected chi connectivity index (χ3v) is 2.64. The minimum absolute atomic E-state index is 0.273. The first-order valence-electron chi connectivity index (χ1n) is 6.06. The highest BCUT2D eigenvalue weighted by Gasteiger charge is 2.34. The number of nitrogens with one attached hydrogen (secondary N) is 1. The van der Waals surface area contributed by atoms with Gasteiger partial charge in [-0.15, -0.1) is 13.2 Å². The molecule has 0 aliphatic carbocycles. The van der Waals surface area contributed by atoms with E-state index in [-0.39, 0.29) is 5.75 Å². The normalized spacial score (nSPS) is 13.6. The van der Waals surface area contributed by atoms with Crippen LogP contribution in [0.25, 0.3) is 0 Å². The van der Waals surface area contributed by atoms with Crippen LogP contribution >= 0.6 is 0 Å². The summed E-state index contributed by atoms with van der Waals surface area (Å²) in [6, 6.07) is 5.33. The van der Waals surface area contributed by atoms with Crippen LogP contribution in [0.15, 0.2) is 24.3 Å². The number of ether oxygens (including phenoxy) is 3. The Hall–Kier alpha value is -1.31. The van der Waals surface area contributed by atoms with Crippen molar-refractivity contribution in [3.8, 4) is 5.75 Å². The molecule has 114 valence electrons. The topological polar surface area (TPSA) is 39.7 Å². The molecular formula is C13H18F3NO3. The number of benzene rings is 1. The maximum Gasteiger partial charge on any atom is 0.573 e. The van der Waals surface area contributed by atoms with Gasteiger partial charge in [0.2, 0.25) is 0 Å². The standard InChI is InChI=1S/C13H18F3NO3/c1-4-17-11(12(18-2)19-3)9-7-5-6-8-10(9)20-13(14,15)16/h5-8,11-12,17H,4H2,1-3H3. The minimum atomic E-state index is -4.75. The third-order valence-electron chi connectivity index (χ3n) is 2.64. The Labute approximate surface area is 115 Å². The monoisotopic (exact) mass is 293 g/mol. The van der Waals surface area contributed by atoms with Crippen LogP contribution in [0.2, 0.25) is 0 Å². The molecule has 0 aliphatic rings. The summed E-state index contributed by atoms with van der Waals surface area (Å²) in [5, 5.41) is 3.03. The first kappa shape index (κ1) is 16.7. The Kier molecular flexibility index (Phi) is 6.25. The lowest BCUT2D eigenvalue weighted by atomic mass is 10.0. The molecule has 4 nitrogen and oxygen atoms in total. The predicted octanol–water partition coefficient (Wildman–Crippen LogP) is 2.85. The second-order valence-electron chi connectivity index (χ2n) is 3.96. The van der Waals surface area contributed by atoms with E-state index in [2.05, 4.69) is 10.1 Å². The fraction of sp³-hybridized carbons (Fsp3) is 0.538. The average Bonchev–Trinajstić information content (AvgIpc) is 2.38. The van der Waals surface area contributed by atoms with E-state index >= 15 is 0 Å². The fourth-order valence-electron chi connectivity index (χ4n) is 1.90. The lowest BCUT2D eigenvalue weighted by molar-refractivity contribution is -0.275. The molecule has 0 spiro atoms. The van der Waals surface area contributed by atoms with Crippen molar-refractivity contribution in [2.24, 2.45) is 0 Å². The van der Waals surface area contributed by atoms with Crippen LogP contribution in [0.4, 0.5) is 13.2 Å². The summed E-state index contributed by atoms with van der Waals surface area (Å²) < 4.78 is 51.6. The molecule has 0 saturated heterocycles. The van der Waals surface area contributed by atoms with Gasteiger partial charge in [0.1, 0.15) is 5.75 Å². The first-order valence-corrected chi connectivity index (χ1v) is 6.06. The molecule has 20 heavy (non-hydrogen) atoms. The molecular weight excluding hydrogens is 275 g/mol. The van der Waals surface area contributed by atoms with Gasteiger partial charge < -0.3 is 19.5 Å². The molecule has 1 aromatic rings. The summed E-state index contributed by atoms with van der Waals surface area (Å²) in [4.78, 5) is 0. The number of rotatable bonds is 7. The SMILES string of the molecule is CCNC(c1ccccc1OC(F)(F)F)C(OC)OC. The lowest BCUT2D eigenvalue weighted by Crippen LogP contribution is -2.35. The van der Waals surface area contributed by atoms with Crippen molar-refractivity contribution in [2.75, 3.05) is 20.8 Å². The van der Waals surface area contributed by atoms with Crippen LogP contribution in [0, 0.1) is 0 Å². The number of hydrogen-bond acceptors (Lipinski definition) is 4. The molecule has 0 saturated carbocycles. The zero-order valence-electron chi connectivity index (χ0n) is 11.5. The molecule has 0 radical (unpaired) electrons. The summed E-state index contributed by atoms with van der Waals surface area (Å²) in [6.07, 6.45) is -5.48. The van der Waals surface area contributed by atoms with Gasteiger partial charge in [0.05, 0.1) is 6.04 Å². The summed E-state index contributed by atoms with van der Waals surface area (Å²) in [7, 11) is 2.84. The summed E-state index contributed by atoms with van der Waals surface area (Å²) in [5.74, 6) is -0.273. The van der Waals surface area contributed by atoms with Crippen molar-refractivity contribution in [1.82, 2.24) is 5.32 Å². The summed E-state index contributed by atoms with van der Waals surface area (Å²) in [6.45, 7) is 2.37. The van der Waals surface area contributed by atoms with Gasteiger partial charge in [0, 0.05) is 19.8 Å². The average molecular weight is 293 g/mol. The molecule has 1 rings (SSSR count). The Morgan fingerprint density at radius 3 is 2.25 bits per heavy atom. The van der Waals surface area contributed by atoms with Gasteiger partial charge in [0.25, 0.3) is 0 Å². The van der Waals surface area contributed by atoms with Gasteiger partial charge in [-0.05, 0) is 12.6 Å². The maximum absolute atomic E-state index is 12.4. The predicted molar refractivity (Wildman–Crippen MR) is 67.3 cm³/mol. The summed E-state index contributed by atoms with van der Waals surface area (Å²) >= 11 is 0. The second kappa shape index (κ2) is 7.47. The van der Waals surface area contributed by atoms with Crippen LogP contribution in [0.3, 0.4) is 0 Å². The lowest BCUT2D eigenvalue weighted by Gasteiger charge is -2.27. The molecule has 0 amide bonds. The fourth-order valence-corrected chi connectivity index (χ4v) is 1.90. The van der Waals surface area contributed by atoms with Crippen molar-refractivity contribution in [3.63, 3.8) is 0 Å². The van der Waals surface area contributed by atoms with Gasteiger partial charge in [-0.1, -0.05) is 25.1 Å². The van der Waals surface area contributed by atoms with E-state index in [4.69, 9.17) is 9.47 Å². The van der Waals surface area contributed by atoms with Crippen LogP contribution < -0.4 is 10.1 Å². The van der Waals surface area contributed by atoms with Crippen LogP contribution in [-0.4, -0.2) is 33.4 Å². The zero-order chi connectivity index (χ0) is 15.2. The Balaban J connectivity index is 3.12. The van der Waals surface area contributed by atoms with E-state index in [1.54, 1.807) is 12.1 Å². The maximum atomic E-state index is 12.4. The molecule has 0 heterocycles. The highest BCUT2D eigenvalue weighted by atomic mass is 19.4. The van der Waals surface area contributed by atoms with Gasteiger partial charge in [-0.25, -0.2) is 0 Å². The molecule has 1 N–H and O–H groups in total. The van der Waals surface area contributed by atoms with Crippen molar-refractivity contribution >= 4 is 0 Å². The number of halogens is 3. The largest absolute Gasteiger partial charge is 0.573 e. The van der Waals surface area contributed by atoms with Gasteiger partial charge in [-0.3, -0.25) is 0 Å². The highest BCUT2D eigenvalue weighted by Crippen LogP contribution is 2.32. The minimum Gasteiger partial charge on any atom is -0.405 e. The first-order chi connectivity index (χ1) is 9.42. The van der Waals surface area contributed by atoms with Crippen LogP contribution in [-0.2, 0) is 9.47 Å². The van der Waals surface area contributed by atoms with E-state index in [9.17, 15) is 13.2 Å². The third kappa shape index (κ3) is 4.66. The van der Waals surface area contributed by atoms with E-state index in [0.29, 0.717) is 12.1 Å². The molecule has 7 heteroatoms. The molecule has 1 aromatic carbocycles. The quantitative estimate of drug-likeness (QED) is 0.785. The zero-order valence-corrected chi connectivity index (χ0v) is 11.5. The van der Waals surface area contributed by atoms with Crippen LogP contribution in [0.5, 0.6) is 5.75 Å². The number of hydrogen-bond donors (Lipinski definition) is 1. The van der Waals surface area contributed by atoms with E-state index in [1.807, 2.05) is 6.92 Å². The van der Waals surface area contributed by atoms with Gasteiger partial charge >= 0.3 is 6.36 Å². The molecule has 0 fully saturated rings. The number of likely N-dealkylation sites (N-methyl/N-ethyl adjacent to an activating group) is 1. The number of methoxy groups -OCH3 is 2. The van der Waals surface area contributed by atoms with Crippen LogP contribution in [0.1, 0.15) is 18.5 Å². The Morgan fingerprint density at radius 2 is 1.75 bits per heavy atom. The van der Waals surface area contributed by atoms with E-state index in [0.717, 1.165) is 0 Å². The highest BCUT2D eigenvalue weighted by molar-refractivity contribution is 5.36. The number of alkyl halides is 3. The molecule has 0 aromatic heterocycles. The Bertz CT molecular complexity index is 408. The molecule has 1 atom stereocenters. The molecule has 0 aliphatic heterocycles. The van der Waals surface area contributed by atoms with Gasteiger partial charge in [-0.2, -0.15) is 0 Å². The second-order valence-corrected chi connectivity index (χ2v) is 3.96. The smallest absolute Gasteiger partial charge is 0.405 e. The van der Waals surface area contributed by atoms with Crippen molar-refractivity contribution in [3.05, 3.63) is 29.8 Å². The van der Waals surface area contributed by atoms with Crippen molar-refractivity contribution in [1.29, 1.82) is 0 Å². The summed E-state index contributed by atoms with van der Waals surface area (Å²) in [5.41, 5.74) is 0.320. The molecule has 0 bridgehead atoms. The van der Waals surface area contributed by atoms with Crippen molar-refractivity contribution in [2.45, 2.75) is 25.6 Å². The molecule has 1 unspecified atom stereocenters. The van der Waals surface area contributed by atoms with E-state index < -0.39 is 18.7 Å².